The number of fused-ring (bicyclic) bond motifs is 1. The van der Waals surface area contributed by atoms with Gasteiger partial charge in [0.05, 0.1) is 18.7 Å². The number of benzene rings is 1. The molecular weight excluding hydrogens is 373 g/mol. The Kier molecular flexibility index (Phi) is 5.33. The number of H-pyrrole nitrogens is 1. The first kappa shape index (κ1) is 18.8. The lowest BCUT2D eigenvalue weighted by Gasteiger charge is -2.27. The van der Waals surface area contributed by atoms with Crippen molar-refractivity contribution in [1.82, 2.24) is 25.4 Å². The highest BCUT2D eigenvalue weighted by Crippen LogP contribution is 2.21. The van der Waals surface area contributed by atoms with Crippen molar-refractivity contribution in [2.75, 3.05) is 6.54 Å². The molecule has 7 nitrogen and oxygen atoms in total. The van der Waals surface area contributed by atoms with Crippen LogP contribution >= 0.6 is 0 Å². The summed E-state index contributed by atoms with van der Waals surface area (Å²) < 4.78 is 13.1. The van der Waals surface area contributed by atoms with Gasteiger partial charge in [0.2, 0.25) is 5.91 Å². The number of halogens is 1. The Bertz CT molecular complexity index is 1020. The minimum absolute atomic E-state index is 0.0664. The summed E-state index contributed by atoms with van der Waals surface area (Å²) in [4.78, 5) is 31.1. The number of aromatic amines is 1. The van der Waals surface area contributed by atoms with Crippen LogP contribution in [0.25, 0.3) is 0 Å². The van der Waals surface area contributed by atoms with Crippen molar-refractivity contribution >= 4 is 11.8 Å². The summed E-state index contributed by atoms with van der Waals surface area (Å²) in [6.07, 6.45) is 2.46. The summed E-state index contributed by atoms with van der Waals surface area (Å²) in [7, 11) is 0. The summed E-state index contributed by atoms with van der Waals surface area (Å²) in [5.41, 5.74) is 3.42. The summed E-state index contributed by atoms with van der Waals surface area (Å²) in [6, 6.07) is 11.4. The number of amides is 2. The van der Waals surface area contributed by atoms with Crippen molar-refractivity contribution < 1.29 is 14.0 Å². The van der Waals surface area contributed by atoms with E-state index in [1.54, 1.807) is 23.2 Å². The fourth-order valence-electron chi connectivity index (χ4n) is 3.34. The minimum atomic E-state index is -0.330. The van der Waals surface area contributed by atoms with E-state index >= 15 is 0 Å². The SMILES string of the molecule is O=C(NCc1ccccn1)c1n[nH]c2c1CN(C(=O)Cc1ccc(F)cc1)CC2. The average molecular weight is 393 g/mol. The number of carbonyl (C=O) groups is 2. The van der Waals surface area contributed by atoms with Gasteiger partial charge in [-0.15, -0.1) is 0 Å². The van der Waals surface area contributed by atoms with Gasteiger partial charge in [-0.2, -0.15) is 5.10 Å². The predicted molar refractivity (Wildman–Crippen MR) is 103 cm³/mol. The van der Waals surface area contributed by atoms with Crippen LogP contribution in [0.1, 0.15) is 33.0 Å². The number of rotatable bonds is 5. The van der Waals surface area contributed by atoms with Gasteiger partial charge >= 0.3 is 0 Å². The largest absolute Gasteiger partial charge is 0.345 e. The third-order valence-electron chi connectivity index (χ3n) is 4.93. The number of aromatic nitrogens is 3. The zero-order chi connectivity index (χ0) is 20.2. The highest BCUT2D eigenvalue weighted by Gasteiger charge is 2.27. The molecule has 4 rings (SSSR count). The van der Waals surface area contributed by atoms with Crippen LogP contribution in [-0.2, 0) is 30.7 Å². The molecule has 8 heteroatoms. The standard InChI is InChI=1S/C21H20FN5O2/c22-15-6-4-14(5-7-15)11-19(28)27-10-8-18-17(13-27)20(26-25-18)21(29)24-12-16-3-1-2-9-23-16/h1-7,9H,8,10-13H2,(H,24,29)(H,25,26). The summed E-state index contributed by atoms with van der Waals surface area (Å²) in [6.45, 7) is 1.16. The fourth-order valence-corrected chi connectivity index (χ4v) is 3.34. The van der Waals surface area contributed by atoms with E-state index in [0.717, 1.165) is 22.5 Å². The smallest absolute Gasteiger partial charge is 0.272 e. The van der Waals surface area contributed by atoms with Gasteiger partial charge in [0.1, 0.15) is 5.82 Å². The number of hydrogen-bond acceptors (Lipinski definition) is 4. The van der Waals surface area contributed by atoms with E-state index in [2.05, 4.69) is 20.5 Å². The van der Waals surface area contributed by atoms with Crippen molar-refractivity contribution in [3.63, 3.8) is 0 Å². The van der Waals surface area contributed by atoms with E-state index < -0.39 is 0 Å². The molecule has 0 saturated heterocycles. The number of nitrogens with one attached hydrogen (secondary N) is 2. The first-order chi connectivity index (χ1) is 14.1. The fraction of sp³-hybridized carbons (Fsp3) is 0.238. The summed E-state index contributed by atoms with van der Waals surface area (Å²) in [5, 5.41) is 9.89. The molecular formula is C21H20FN5O2. The van der Waals surface area contributed by atoms with Crippen LogP contribution in [0.3, 0.4) is 0 Å². The molecule has 0 saturated carbocycles. The third-order valence-corrected chi connectivity index (χ3v) is 4.93. The third kappa shape index (κ3) is 4.31. The Morgan fingerprint density at radius 1 is 1.17 bits per heavy atom. The lowest BCUT2D eigenvalue weighted by atomic mass is 10.0. The lowest BCUT2D eigenvalue weighted by Crippen LogP contribution is -2.37. The Morgan fingerprint density at radius 3 is 2.76 bits per heavy atom. The quantitative estimate of drug-likeness (QED) is 0.694. The number of carbonyl (C=O) groups excluding carboxylic acids is 2. The highest BCUT2D eigenvalue weighted by atomic mass is 19.1. The second-order valence-corrected chi connectivity index (χ2v) is 6.90. The first-order valence-corrected chi connectivity index (χ1v) is 9.36. The van der Waals surface area contributed by atoms with Crippen LogP contribution in [0.5, 0.6) is 0 Å². The summed E-state index contributed by atoms with van der Waals surface area (Å²) >= 11 is 0. The van der Waals surface area contributed by atoms with Gasteiger partial charge in [-0.25, -0.2) is 4.39 Å². The van der Waals surface area contributed by atoms with Crippen LogP contribution in [0.4, 0.5) is 4.39 Å². The molecule has 0 unspecified atom stereocenters. The zero-order valence-corrected chi connectivity index (χ0v) is 15.7. The molecule has 0 fully saturated rings. The molecule has 0 bridgehead atoms. The van der Waals surface area contributed by atoms with Gasteiger partial charge in [-0.1, -0.05) is 18.2 Å². The van der Waals surface area contributed by atoms with E-state index in [1.165, 1.54) is 12.1 Å². The molecule has 2 aromatic heterocycles. The highest BCUT2D eigenvalue weighted by molar-refractivity contribution is 5.94. The van der Waals surface area contributed by atoms with Gasteiger partial charge in [-0.3, -0.25) is 19.7 Å². The molecule has 2 N–H and O–H groups in total. The molecule has 29 heavy (non-hydrogen) atoms. The van der Waals surface area contributed by atoms with Crippen LogP contribution in [0.15, 0.2) is 48.7 Å². The maximum atomic E-state index is 13.1. The van der Waals surface area contributed by atoms with E-state index in [4.69, 9.17) is 0 Å². The molecule has 3 heterocycles. The van der Waals surface area contributed by atoms with Crippen LogP contribution in [0, 0.1) is 5.82 Å². The average Bonchev–Trinajstić information content (AvgIpc) is 3.18. The molecule has 2 amide bonds. The normalized spacial score (nSPS) is 13.1. The van der Waals surface area contributed by atoms with Crippen molar-refractivity contribution in [3.8, 4) is 0 Å². The molecule has 148 valence electrons. The minimum Gasteiger partial charge on any atom is -0.345 e. The molecule has 1 aromatic carbocycles. The topological polar surface area (TPSA) is 91.0 Å². The van der Waals surface area contributed by atoms with Gasteiger partial charge in [0.25, 0.3) is 5.91 Å². The van der Waals surface area contributed by atoms with Gasteiger partial charge < -0.3 is 10.2 Å². The molecule has 0 atom stereocenters. The van der Waals surface area contributed by atoms with Gasteiger partial charge in [0.15, 0.2) is 5.69 Å². The molecule has 1 aliphatic heterocycles. The van der Waals surface area contributed by atoms with Crippen molar-refractivity contribution in [3.05, 3.63) is 82.7 Å². The van der Waals surface area contributed by atoms with Crippen LogP contribution in [-0.4, -0.2) is 38.4 Å². The predicted octanol–water partition coefficient (Wildman–Crippen LogP) is 2.00. The van der Waals surface area contributed by atoms with Gasteiger partial charge in [0, 0.05) is 37.0 Å². The van der Waals surface area contributed by atoms with E-state index in [-0.39, 0.29) is 24.1 Å². The number of nitrogens with zero attached hydrogens (tertiary/aromatic N) is 3. The maximum absolute atomic E-state index is 13.1. The second-order valence-electron chi connectivity index (χ2n) is 6.90. The number of pyridine rings is 1. The second kappa shape index (κ2) is 8.22. The Morgan fingerprint density at radius 2 is 2.00 bits per heavy atom. The molecule has 0 spiro atoms. The Hall–Kier alpha value is -3.55. The zero-order valence-electron chi connectivity index (χ0n) is 15.7. The van der Waals surface area contributed by atoms with E-state index in [0.29, 0.717) is 31.7 Å². The molecule has 1 aliphatic rings. The Balaban J connectivity index is 1.42. The molecule has 0 aliphatic carbocycles. The lowest BCUT2D eigenvalue weighted by molar-refractivity contribution is -0.131. The van der Waals surface area contributed by atoms with Gasteiger partial charge in [-0.05, 0) is 29.8 Å². The van der Waals surface area contributed by atoms with Crippen molar-refractivity contribution in [2.24, 2.45) is 0 Å². The monoisotopic (exact) mass is 393 g/mol. The molecule has 3 aromatic rings. The van der Waals surface area contributed by atoms with E-state index in [1.807, 2.05) is 18.2 Å². The van der Waals surface area contributed by atoms with Crippen LogP contribution < -0.4 is 5.32 Å². The Labute approximate surface area is 167 Å². The van der Waals surface area contributed by atoms with Crippen molar-refractivity contribution in [1.29, 1.82) is 0 Å². The van der Waals surface area contributed by atoms with Crippen molar-refractivity contribution in [2.45, 2.75) is 25.9 Å². The molecule has 0 radical (unpaired) electrons. The van der Waals surface area contributed by atoms with Crippen LogP contribution in [0.2, 0.25) is 0 Å². The number of hydrogen-bond donors (Lipinski definition) is 2. The first-order valence-electron chi connectivity index (χ1n) is 9.36. The summed E-state index contributed by atoms with van der Waals surface area (Å²) in [5.74, 6) is -0.701. The maximum Gasteiger partial charge on any atom is 0.272 e. The van der Waals surface area contributed by atoms with E-state index in [9.17, 15) is 14.0 Å².